The molecule has 0 atom stereocenters. The minimum atomic E-state index is 0.335. The van der Waals surface area contributed by atoms with Crippen LogP contribution in [0.15, 0.2) is 4.99 Å². The number of hydrogen-bond donors (Lipinski definition) is 3. The molecule has 0 aromatic carbocycles. The summed E-state index contributed by atoms with van der Waals surface area (Å²) in [6.45, 7) is 11.3. The summed E-state index contributed by atoms with van der Waals surface area (Å²) in [6, 6.07) is 0.335. The van der Waals surface area contributed by atoms with E-state index in [0.29, 0.717) is 12.0 Å². The Bertz CT molecular complexity index is 485. The van der Waals surface area contributed by atoms with Gasteiger partial charge in [-0.1, -0.05) is 13.8 Å². The average Bonchev–Trinajstić information content (AvgIpc) is 2.92. The second kappa shape index (κ2) is 12.6. The predicted octanol–water partition coefficient (Wildman–Crippen LogP) is 2.79. The zero-order valence-electron chi connectivity index (χ0n) is 15.5. The smallest absolute Gasteiger partial charge is 0.188 e. The van der Waals surface area contributed by atoms with Crippen LogP contribution in [0.1, 0.15) is 49.7 Å². The van der Waals surface area contributed by atoms with Crippen molar-refractivity contribution in [3.63, 3.8) is 0 Å². The highest BCUT2D eigenvalue weighted by Crippen LogP contribution is 2.24. The van der Waals surface area contributed by atoms with Crippen LogP contribution in [0.3, 0.4) is 0 Å². The molecule has 1 aromatic rings. The minimum absolute atomic E-state index is 0.335. The Morgan fingerprint density at radius 3 is 2.83 bits per heavy atom. The standard InChI is InChI=1S/C17H33N5S2/c1-5-15-14(22-16(24-15)8-10-19-6-2)12-23-11-7-9-20-17(18)21-13(3)4/h13,19H,5-12H2,1-4H3,(H3,18,20,21). The van der Waals surface area contributed by atoms with Crippen molar-refractivity contribution in [3.05, 3.63) is 15.6 Å². The molecule has 0 bridgehead atoms. The fraction of sp³-hybridized carbons (Fsp3) is 0.765. The summed E-state index contributed by atoms with van der Waals surface area (Å²) in [5, 5.41) is 7.73. The van der Waals surface area contributed by atoms with E-state index in [1.165, 1.54) is 15.6 Å². The van der Waals surface area contributed by atoms with Crippen molar-refractivity contribution < 1.29 is 0 Å². The lowest BCUT2D eigenvalue weighted by Gasteiger charge is -2.08. The van der Waals surface area contributed by atoms with E-state index in [2.05, 4.69) is 43.3 Å². The van der Waals surface area contributed by atoms with Crippen LogP contribution in [0.25, 0.3) is 0 Å². The molecule has 0 fully saturated rings. The third kappa shape index (κ3) is 8.89. The van der Waals surface area contributed by atoms with Crippen molar-refractivity contribution in [1.82, 2.24) is 15.6 Å². The zero-order chi connectivity index (χ0) is 17.8. The molecule has 0 saturated carbocycles. The van der Waals surface area contributed by atoms with E-state index < -0.39 is 0 Å². The molecule has 1 aromatic heterocycles. The number of thiazole rings is 1. The van der Waals surface area contributed by atoms with E-state index >= 15 is 0 Å². The first kappa shape index (κ1) is 21.3. The molecular formula is C17H33N5S2. The normalized spacial score (nSPS) is 12.1. The van der Waals surface area contributed by atoms with Crippen LogP contribution in [0.4, 0.5) is 0 Å². The molecule has 24 heavy (non-hydrogen) atoms. The molecule has 0 aliphatic carbocycles. The van der Waals surface area contributed by atoms with Gasteiger partial charge in [-0.3, -0.25) is 4.99 Å². The molecule has 0 aliphatic rings. The van der Waals surface area contributed by atoms with Gasteiger partial charge >= 0.3 is 0 Å². The van der Waals surface area contributed by atoms with Crippen LogP contribution in [-0.4, -0.2) is 42.4 Å². The first-order valence-electron chi connectivity index (χ1n) is 8.89. The Kier molecular flexibility index (Phi) is 11.1. The Morgan fingerprint density at radius 2 is 2.17 bits per heavy atom. The summed E-state index contributed by atoms with van der Waals surface area (Å²) >= 11 is 3.82. The summed E-state index contributed by atoms with van der Waals surface area (Å²) in [6.07, 6.45) is 3.16. The highest BCUT2D eigenvalue weighted by Gasteiger charge is 2.09. The molecule has 4 N–H and O–H groups in total. The number of likely N-dealkylation sites (N-methyl/N-ethyl adjacent to an activating group) is 1. The molecule has 1 heterocycles. The number of nitrogens with zero attached hydrogens (tertiary/aromatic N) is 2. The van der Waals surface area contributed by atoms with Gasteiger partial charge in [0.2, 0.25) is 0 Å². The Morgan fingerprint density at radius 1 is 1.38 bits per heavy atom. The van der Waals surface area contributed by atoms with Gasteiger partial charge in [-0.2, -0.15) is 11.8 Å². The topological polar surface area (TPSA) is 75.3 Å². The maximum atomic E-state index is 5.79. The number of nitrogens with one attached hydrogen (secondary N) is 2. The fourth-order valence-corrected chi connectivity index (χ4v) is 4.21. The molecule has 1 rings (SSSR count). The largest absolute Gasteiger partial charge is 0.370 e. The van der Waals surface area contributed by atoms with Crippen molar-refractivity contribution in [3.8, 4) is 0 Å². The van der Waals surface area contributed by atoms with Crippen LogP contribution in [0.5, 0.6) is 0 Å². The molecule has 0 aliphatic heterocycles. The summed E-state index contributed by atoms with van der Waals surface area (Å²) in [4.78, 5) is 10.6. The van der Waals surface area contributed by atoms with Crippen molar-refractivity contribution in [2.24, 2.45) is 10.7 Å². The van der Waals surface area contributed by atoms with Gasteiger partial charge in [-0.15, -0.1) is 11.3 Å². The molecule has 0 unspecified atom stereocenters. The van der Waals surface area contributed by atoms with Gasteiger partial charge in [0.1, 0.15) is 0 Å². The molecule has 0 radical (unpaired) electrons. The maximum absolute atomic E-state index is 5.79. The molecule has 0 saturated heterocycles. The van der Waals surface area contributed by atoms with Crippen LogP contribution >= 0.6 is 23.1 Å². The van der Waals surface area contributed by atoms with Crippen molar-refractivity contribution in [2.45, 2.75) is 58.8 Å². The second-order valence-corrected chi connectivity index (χ2v) is 8.18. The van der Waals surface area contributed by atoms with Crippen LogP contribution in [-0.2, 0) is 18.6 Å². The third-order valence-electron chi connectivity index (χ3n) is 3.31. The molecular weight excluding hydrogens is 338 g/mol. The van der Waals surface area contributed by atoms with Crippen molar-refractivity contribution in [2.75, 3.05) is 25.4 Å². The maximum Gasteiger partial charge on any atom is 0.188 e. The number of aliphatic imine (C=N–C) groups is 1. The molecule has 138 valence electrons. The van der Waals surface area contributed by atoms with Gasteiger partial charge in [0, 0.05) is 36.2 Å². The highest BCUT2D eigenvalue weighted by molar-refractivity contribution is 7.98. The molecule has 0 spiro atoms. The summed E-state index contributed by atoms with van der Waals surface area (Å²) < 4.78 is 0. The number of rotatable bonds is 12. The average molecular weight is 372 g/mol. The zero-order valence-corrected chi connectivity index (χ0v) is 17.2. The summed E-state index contributed by atoms with van der Waals surface area (Å²) in [7, 11) is 0. The number of aryl methyl sites for hydroxylation is 1. The van der Waals surface area contributed by atoms with Gasteiger partial charge in [-0.25, -0.2) is 4.98 Å². The lowest BCUT2D eigenvalue weighted by Crippen LogP contribution is -2.36. The van der Waals surface area contributed by atoms with Gasteiger partial charge in [0.25, 0.3) is 0 Å². The Balaban J connectivity index is 2.29. The fourth-order valence-electron chi connectivity index (χ4n) is 2.18. The number of hydrogen-bond acceptors (Lipinski definition) is 5. The van der Waals surface area contributed by atoms with E-state index in [-0.39, 0.29) is 0 Å². The number of thioether (sulfide) groups is 1. The lowest BCUT2D eigenvalue weighted by atomic mass is 10.3. The van der Waals surface area contributed by atoms with Gasteiger partial charge in [-0.05, 0) is 39.0 Å². The van der Waals surface area contributed by atoms with Crippen molar-refractivity contribution >= 4 is 29.1 Å². The lowest BCUT2D eigenvalue weighted by molar-refractivity contribution is 0.713. The molecule has 5 nitrogen and oxygen atoms in total. The first-order valence-corrected chi connectivity index (χ1v) is 10.9. The quantitative estimate of drug-likeness (QED) is 0.299. The Hall–Kier alpha value is -0.790. The Labute approximate surface area is 155 Å². The second-order valence-electron chi connectivity index (χ2n) is 5.91. The van der Waals surface area contributed by atoms with E-state index in [0.717, 1.165) is 50.4 Å². The predicted molar refractivity (Wildman–Crippen MR) is 109 cm³/mol. The molecule has 0 amide bonds. The third-order valence-corrected chi connectivity index (χ3v) is 5.67. The SMILES string of the molecule is CCNCCc1nc(CSCCCN=C(N)NC(C)C)c(CC)s1. The molecule has 7 heteroatoms. The van der Waals surface area contributed by atoms with Crippen LogP contribution < -0.4 is 16.4 Å². The monoisotopic (exact) mass is 371 g/mol. The van der Waals surface area contributed by atoms with E-state index in [1.807, 2.05) is 23.1 Å². The van der Waals surface area contributed by atoms with E-state index in [9.17, 15) is 0 Å². The first-order chi connectivity index (χ1) is 11.6. The van der Waals surface area contributed by atoms with Crippen molar-refractivity contribution in [1.29, 1.82) is 0 Å². The number of guanidine groups is 1. The van der Waals surface area contributed by atoms with Gasteiger partial charge in [0.15, 0.2) is 5.96 Å². The number of nitrogens with two attached hydrogens (primary N) is 1. The highest BCUT2D eigenvalue weighted by atomic mass is 32.2. The van der Waals surface area contributed by atoms with E-state index in [4.69, 9.17) is 10.7 Å². The van der Waals surface area contributed by atoms with Gasteiger partial charge < -0.3 is 16.4 Å². The van der Waals surface area contributed by atoms with Crippen LogP contribution in [0.2, 0.25) is 0 Å². The summed E-state index contributed by atoms with van der Waals surface area (Å²) in [5.41, 5.74) is 7.07. The van der Waals surface area contributed by atoms with Gasteiger partial charge in [0.05, 0.1) is 10.7 Å². The minimum Gasteiger partial charge on any atom is -0.370 e. The van der Waals surface area contributed by atoms with E-state index in [1.54, 1.807) is 0 Å². The van der Waals surface area contributed by atoms with Crippen LogP contribution in [0, 0.1) is 0 Å². The summed E-state index contributed by atoms with van der Waals surface area (Å²) in [5.74, 6) is 2.64. The number of aromatic nitrogens is 1.